The van der Waals surface area contributed by atoms with Crippen LogP contribution in [0, 0.1) is 0 Å². The Balaban J connectivity index is 1.93. The van der Waals surface area contributed by atoms with E-state index in [1.165, 1.54) is 4.88 Å². The van der Waals surface area contributed by atoms with Gasteiger partial charge in [0.2, 0.25) is 0 Å². The highest BCUT2D eigenvalue weighted by Gasteiger charge is 2.12. The zero-order chi connectivity index (χ0) is 10.7. The van der Waals surface area contributed by atoms with Gasteiger partial charge in [-0.1, -0.05) is 6.07 Å². The van der Waals surface area contributed by atoms with Crippen LogP contribution in [0.15, 0.2) is 33.4 Å². The smallest absolute Gasteiger partial charge is 0.0896 e. The Hall–Kier alpha value is -0.160. The Labute approximate surface area is 106 Å². The lowest BCUT2D eigenvalue weighted by Gasteiger charge is -2.08. The largest absolute Gasteiger partial charge is 0.388 e. The maximum absolute atomic E-state index is 9.97. The molecule has 0 fully saturated rings. The van der Waals surface area contributed by atoms with Gasteiger partial charge in [-0.25, -0.2) is 0 Å². The van der Waals surface area contributed by atoms with Crippen molar-refractivity contribution in [1.82, 2.24) is 0 Å². The van der Waals surface area contributed by atoms with Crippen molar-refractivity contribution in [3.63, 3.8) is 0 Å². The van der Waals surface area contributed by atoms with Gasteiger partial charge in [0.25, 0.3) is 0 Å². The average molecular weight is 303 g/mol. The first-order valence-electron chi connectivity index (χ1n) is 4.70. The van der Waals surface area contributed by atoms with Gasteiger partial charge in [-0.3, -0.25) is 0 Å². The molecule has 0 amide bonds. The molecule has 0 aromatic carbocycles. The van der Waals surface area contributed by atoms with Gasteiger partial charge in [0.15, 0.2) is 0 Å². The lowest BCUT2D eigenvalue weighted by molar-refractivity contribution is 0.171. The van der Waals surface area contributed by atoms with Crippen molar-refractivity contribution in [2.24, 2.45) is 0 Å². The van der Waals surface area contributed by atoms with Crippen molar-refractivity contribution in [3.8, 4) is 0 Å². The van der Waals surface area contributed by atoms with E-state index < -0.39 is 0 Å². The molecule has 0 radical (unpaired) electrons. The normalized spacial score (nSPS) is 12.9. The third-order valence-electron chi connectivity index (χ3n) is 2.19. The van der Waals surface area contributed by atoms with Crippen molar-refractivity contribution >= 4 is 38.6 Å². The van der Waals surface area contributed by atoms with Crippen LogP contribution in [-0.4, -0.2) is 5.11 Å². The van der Waals surface area contributed by atoms with Crippen LogP contribution in [0.3, 0.4) is 0 Å². The number of hydrogen-bond acceptors (Lipinski definition) is 3. The Morgan fingerprint density at radius 3 is 2.73 bits per heavy atom. The minimum atomic E-state index is -0.346. The summed E-state index contributed by atoms with van der Waals surface area (Å²) in [5, 5.41) is 14.0. The fourth-order valence-electron chi connectivity index (χ4n) is 1.41. The summed E-state index contributed by atoms with van der Waals surface area (Å²) in [6, 6.07) is 6.14. The van der Waals surface area contributed by atoms with Gasteiger partial charge in [0.1, 0.15) is 0 Å². The Kier molecular flexibility index (Phi) is 3.97. The lowest BCUT2D eigenvalue weighted by atomic mass is 10.1. The third-order valence-corrected chi connectivity index (χ3v) is 5.10. The SMILES string of the molecule is OC(CCc1cccs1)c1sccc1Br. The van der Waals surface area contributed by atoms with Crippen LogP contribution < -0.4 is 0 Å². The number of rotatable bonds is 4. The monoisotopic (exact) mass is 302 g/mol. The molecule has 2 aromatic rings. The van der Waals surface area contributed by atoms with Gasteiger partial charge in [-0.15, -0.1) is 22.7 Å². The zero-order valence-electron chi connectivity index (χ0n) is 8.02. The molecule has 0 aliphatic carbocycles. The van der Waals surface area contributed by atoms with Gasteiger partial charge in [0.05, 0.1) is 6.10 Å². The van der Waals surface area contributed by atoms with Crippen LogP contribution in [0.1, 0.15) is 22.3 Å². The molecule has 1 atom stereocenters. The molecule has 0 spiro atoms. The Morgan fingerprint density at radius 2 is 2.13 bits per heavy atom. The van der Waals surface area contributed by atoms with Gasteiger partial charge in [0, 0.05) is 14.2 Å². The van der Waals surface area contributed by atoms with Crippen LogP contribution in [0.25, 0.3) is 0 Å². The molecule has 0 saturated heterocycles. The molecule has 4 heteroatoms. The summed E-state index contributed by atoms with van der Waals surface area (Å²) in [6.07, 6.45) is 1.39. The van der Waals surface area contributed by atoms with E-state index in [0.29, 0.717) is 0 Å². The van der Waals surface area contributed by atoms with Gasteiger partial charge in [-0.05, 0) is 51.7 Å². The van der Waals surface area contributed by atoms with Crippen molar-refractivity contribution in [2.75, 3.05) is 0 Å². The minimum Gasteiger partial charge on any atom is -0.388 e. The standard InChI is InChI=1S/C11H11BrOS2/c12-9-5-7-15-11(9)10(13)4-3-8-2-1-6-14-8/h1-2,5-7,10,13H,3-4H2. The van der Waals surface area contributed by atoms with E-state index in [9.17, 15) is 5.11 Å². The summed E-state index contributed by atoms with van der Waals surface area (Å²) in [4.78, 5) is 2.37. The average Bonchev–Trinajstić information content (AvgIpc) is 2.84. The second-order valence-corrected chi connectivity index (χ2v) is 6.10. The van der Waals surface area contributed by atoms with Crippen molar-refractivity contribution in [1.29, 1.82) is 0 Å². The number of aliphatic hydroxyl groups excluding tert-OH is 1. The molecule has 80 valence electrons. The highest BCUT2D eigenvalue weighted by Crippen LogP contribution is 2.31. The fraction of sp³-hybridized carbons (Fsp3) is 0.273. The third kappa shape index (κ3) is 2.91. The van der Waals surface area contributed by atoms with Gasteiger partial charge < -0.3 is 5.11 Å². The molecule has 0 aliphatic rings. The molecule has 1 unspecified atom stereocenters. The predicted molar refractivity (Wildman–Crippen MR) is 69.6 cm³/mol. The van der Waals surface area contributed by atoms with Crippen LogP contribution in [0.5, 0.6) is 0 Å². The Morgan fingerprint density at radius 1 is 1.27 bits per heavy atom. The molecule has 0 saturated carbocycles. The summed E-state index contributed by atoms with van der Waals surface area (Å²) in [5.74, 6) is 0. The Bertz CT molecular complexity index is 408. The van der Waals surface area contributed by atoms with E-state index in [1.807, 2.05) is 17.5 Å². The highest BCUT2D eigenvalue weighted by molar-refractivity contribution is 9.10. The van der Waals surface area contributed by atoms with Crippen LogP contribution in [0.4, 0.5) is 0 Å². The number of halogens is 1. The molecule has 0 aliphatic heterocycles. The number of hydrogen-bond donors (Lipinski definition) is 1. The molecule has 1 nitrogen and oxygen atoms in total. The number of thiophene rings is 2. The van der Waals surface area contributed by atoms with E-state index >= 15 is 0 Å². The minimum absolute atomic E-state index is 0.346. The van der Waals surface area contributed by atoms with E-state index in [-0.39, 0.29) is 6.10 Å². The molecule has 2 rings (SSSR count). The topological polar surface area (TPSA) is 20.2 Å². The van der Waals surface area contributed by atoms with E-state index in [0.717, 1.165) is 22.2 Å². The molecule has 1 N–H and O–H groups in total. The lowest BCUT2D eigenvalue weighted by Crippen LogP contribution is -1.96. The molecule has 2 heterocycles. The zero-order valence-corrected chi connectivity index (χ0v) is 11.2. The number of aryl methyl sites for hydroxylation is 1. The van der Waals surface area contributed by atoms with E-state index in [2.05, 4.69) is 27.4 Å². The summed E-state index contributed by atoms with van der Waals surface area (Å²) in [7, 11) is 0. The summed E-state index contributed by atoms with van der Waals surface area (Å²) >= 11 is 6.79. The first kappa shape index (κ1) is 11.3. The van der Waals surface area contributed by atoms with Crippen LogP contribution in [-0.2, 0) is 6.42 Å². The summed E-state index contributed by atoms with van der Waals surface area (Å²) in [6.45, 7) is 0. The maximum atomic E-state index is 9.97. The quantitative estimate of drug-likeness (QED) is 0.896. The van der Waals surface area contributed by atoms with Crippen LogP contribution in [0.2, 0.25) is 0 Å². The summed E-state index contributed by atoms with van der Waals surface area (Å²) in [5.41, 5.74) is 0. The first-order valence-corrected chi connectivity index (χ1v) is 7.26. The molecule has 15 heavy (non-hydrogen) atoms. The second-order valence-electron chi connectivity index (χ2n) is 3.27. The van der Waals surface area contributed by atoms with Crippen molar-refractivity contribution in [3.05, 3.63) is 43.2 Å². The van der Waals surface area contributed by atoms with E-state index in [1.54, 1.807) is 22.7 Å². The fourth-order valence-corrected chi connectivity index (χ4v) is 3.79. The molecular weight excluding hydrogens is 292 g/mol. The number of aliphatic hydroxyl groups is 1. The first-order chi connectivity index (χ1) is 7.27. The second kappa shape index (κ2) is 5.25. The maximum Gasteiger partial charge on any atom is 0.0896 e. The highest BCUT2D eigenvalue weighted by atomic mass is 79.9. The molecular formula is C11H11BrOS2. The van der Waals surface area contributed by atoms with Gasteiger partial charge >= 0.3 is 0 Å². The van der Waals surface area contributed by atoms with Crippen molar-refractivity contribution in [2.45, 2.75) is 18.9 Å². The predicted octanol–water partition coefficient (Wildman–Crippen LogP) is 4.24. The van der Waals surface area contributed by atoms with Crippen molar-refractivity contribution < 1.29 is 5.11 Å². The van der Waals surface area contributed by atoms with E-state index in [4.69, 9.17) is 0 Å². The summed E-state index contributed by atoms with van der Waals surface area (Å²) < 4.78 is 1.02. The van der Waals surface area contributed by atoms with Gasteiger partial charge in [-0.2, -0.15) is 0 Å². The molecule has 2 aromatic heterocycles. The van der Waals surface area contributed by atoms with Crippen LogP contribution >= 0.6 is 38.6 Å². The molecule has 0 bridgehead atoms.